The first-order valence-electron chi connectivity index (χ1n) is 3.85. The van der Waals surface area contributed by atoms with Gasteiger partial charge in [-0.2, -0.15) is 4.39 Å². The van der Waals surface area contributed by atoms with Crippen LogP contribution >= 0.6 is 11.6 Å². The van der Waals surface area contributed by atoms with Crippen molar-refractivity contribution in [3.63, 3.8) is 0 Å². The number of benzene rings is 1. The molecule has 0 amide bonds. The first-order chi connectivity index (χ1) is 7.77. The Labute approximate surface area is 95.3 Å². The summed E-state index contributed by atoms with van der Waals surface area (Å²) >= 11 is 4.54. The molecule has 0 saturated carbocycles. The SMILES string of the molecule is O=C(Cl)/C(F)=C(\F)c1cc(F)c(F)c(F)c1F. The summed E-state index contributed by atoms with van der Waals surface area (Å²) in [5.74, 6) is -13.1. The average Bonchev–Trinajstić information content (AvgIpc) is 2.29. The Kier molecular flexibility index (Phi) is 3.82. The van der Waals surface area contributed by atoms with Gasteiger partial charge in [-0.3, -0.25) is 4.79 Å². The average molecular weight is 275 g/mol. The molecule has 8 heteroatoms. The molecule has 0 aromatic heterocycles. The Balaban J connectivity index is 3.54. The lowest BCUT2D eigenvalue weighted by Gasteiger charge is -2.03. The van der Waals surface area contributed by atoms with Gasteiger partial charge in [-0.25, -0.2) is 22.0 Å². The molecule has 0 bridgehead atoms. The summed E-state index contributed by atoms with van der Waals surface area (Å²) in [6, 6.07) is -0.136. The summed E-state index contributed by atoms with van der Waals surface area (Å²) in [6.45, 7) is 0. The molecule has 1 nitrogen and oxygen atoms in total. The number of allylic oxidation sites excluding steroid dienone is 1. The third-order valence-electron chi connectivity index (χ3n) is 1.70. The van der Waals surface area contributed by atoms with Gasteiger partial charge in [0, 0.05) is 0 Å². The van der Waals surface area contributed by atoms with Crippen molar-refractivity contribution in [3.05, 3.63) is 40.7 Å². The highest BCUT2D eigenvalue weighted by molar-refractivity contribution is 6.67. The van der Waals surface area contributed by atoms with Crippen LogP contribution in [0, 0.1) is 23.3 Å². The van der Waals surface area contributed by atoms with Gasteiger partial charge in [-0.1, -0.05) is 0 Å². The van der Waals surface area contributed by atoms with Crippen molar-refractivity contribution in [3.8, 4) is 0 Å². The molecular weight excluding hydrogens is 274 g/mol. The minimum atomic E-state index is -2.33. The molecule has 0 radical (unpaired) electrons. The van der Waals surface area contributed by atoms with Crippen LogP contribution in [-0.2, 0) is 4.79 Å². The maximum atomic E-state index is 13.0. The Bertz CT molecular complexity index is 525. The molecule has 1 rings (SSSR count). The van der Waals surface area contributed by atoms with E-state index in [1.165, 1.54) is 0 Å². The molecule has 0 saturated heterocycles. The molecule has 1 aromatic carbocycles. The molecular formula is C9HClF6O. The zero-order valence-electron chi connectivity index (χ0n) is 7.63. The van der Waals surface area contributed by atoms with E-state index in [4.69, 9.17) is 0 Å². The molecule has 0 aliphatic rings. The molecule has 0 aliphatic heterocycles. The normalized spacial score (nSPS) is 12.4. The molecule has 0 aliphatic carbocycles. The summed E-state index contributed by atoms with van der Waals surface area (Å²) in [4.78, 5) is 10.2. The van der Waals surface area contributed by atoms with Gasteiger partial charge < -0.3 is 0 Å². The van der Waals surface area contributed by atoms with Gasteiger partial charge in [0.2, 0.25) is 5.83 Å². The van der Waals surface area contributed by atoms with Crippen LogP contribution in [0.4, 0.5) is 26.3 Å². The smallest absolute Gasteiger partial charge is 0.273 e. The number of carbonyl (C=O) groups is 1. The largest absolute Gasteiger partial charge is 0.283 e. The van der Waals surface area contributed by atoms with Crippen molar-refractivity contribution >= 4 is 22.7 Å². The van der Waals surface area contributed by atoms with E-state index in [0.29, 0.717) is 0 Å². The Morgan fingerprint density at radius 1 is 1.00 bits per heavy atom. The quantitative estimate of drug-likeness (QED) is 0.265. The van der Waals surface area contributed by atoms with E-state index in [1.54, 1.807) is 0 Å². The number of halogens is 7. The number of rotatable bonds is 2. The first-order valence-corrected chi connectivity index (χ1v) is 4.23. The van der Waals surface area contributed by atoms with E-state index in [1.807, 2.05) is 0 Å². The summed E-state index contributed by atoms with van der Waals surface area (Å²) in [6.07, 6.45) is 0. The Morgan fingerprint density at radius 3 is 2.00 bits per heavy atom. The van der Waals surface area contributed by atoms with Crippen LogP contribution in [-0.4, -0.2) is 5.24 Å². The van der Waals surface area contributed by atoms with E-state index in [9.17, 15) is 31.1 Å². The van der Waals surface area contributed by atoms with E-state index >= 15 is 0 Å². The monoisotopic (exact) mass is 274 g/mol. The van der Waals surface area contributed by atoms with Crippen LogP contribution in [0.1, 0.15) is 5.56 Å². The lowest BCUT2D eigenvalue weighted by molar-refractivity contribution is -0.109. The summed E-state index contributed by atoms with van der Waals surface area (Å²) in [5.41, 5.74) is -1.58. The fourth-order valence-corrected chi connectivity index (χ4v) is 1.02. The van der Waals surface area contributed by atoms with Crippen molar-refractivity contribution in [2.75, 3.05) is 0 Å². The molecule has 0 atom stereocenters. The minimum Gasteiger partial charge on any atom is -0.273 e. The highest BCUT2D eigenvalue weighted by Gasteiger charge is 2.25. The molecule has 0 unspecified atom stereocenters. The van der Waals surface area contributed by atoms with E-state index in [2.05, 4.69) is 11.6 Å². The van der Waals surface area contributed by atoms with Gasteiger partial charge >= 0.3 is 0 Å². The Morgan fingerprint density at radius 2 is 1.53 bits per heavy atom. The van der Waals surface area contributed by atoms with Gasteiger partial charge in [0.1, 0.15) is 0 Å². The van der Waals surface area contributed by atoms with Crippen molar-refractivity contribution in [1.82, 2.24) is 0 Å². The lowest BCUT2D eigenvalue weighted by atomic mass is 10.1. The van der Waals surface area contributed by atoms with Crippen molar-refractivity contribution in [1.29, 1.82) is 0 Å². The van der Waals surface area contributed by atoms with Crippen molar-refractivity contribution in [2.24, 2.45) is 0 Å². The summed E-state index contributed by atoms with van der Waals surface area (Å²) in [5, 5.41) is -1.92. The second kappa shape index (κ2) is 4.79. The number of hydrogen-bond acceptors (Lipinski definition) is 1. The van der Waals surface area contributed by atoms with E-state index in [-0.39, 0.29) is 6.07 Å². The van der Waals surface area contributed by atoms with E-state index in [0.717, 1.165) is 0 Å². The van der Waals surface area contributed by atoms with Crippen LogP contribution in [0.25, 0.3) is 5.83 Å². The van der Waals surface area contributed by atoms with Crippen LogP contribution < -0.4 is 0 Å². The molecule has 92 valence electrons. The highest BCUT2D eigenvalue weighted by atomic mass is 35.5. The van der Waals surface area contributed by atoms with Gasteiger partial charge in [0.25, 0.3) is 5.24 Å². The lowest BCUT2D eigenvalue weighted by Crippen LogP contribution is -2.01. The molecule has 0 N–H and O–H groups in total. The first kappa shape index (κ1) is 13.6. The molecule has 0 heterocycles. The third-order valence-corrected chi connectivity index (χ3v) is 1.87. The summed E-state index contributed by atoms with van der Waals surface area (Å²) < 4.78 is 76.4. The third kappa shape index (κ3) is 2.44. The molecule has 0 spiro atoms. The minimum absolute atomic E-state index is 0.136. The molecule has 1 aromatic rings. The maximum absolute atomic E-state index is 13.0. The Hall–Kier alpha value is -1.50. The van der Waals surface area contributed by atoms with Crippen LogP contribution in [0.2, 0.25) is 0 Å². The zero-order valence-corrected chi connectivity index (χ0v) is 8.39. The predicted molar refractivity (Wildman–Crippen MR) is 46.3 cm³/mol. The maximum Gasteiger partial charge on any atom is 0.283 e. The topological polar surface area (TPSA) is 17.1 Å². The van der Waals surface area contributed by atoms with Crippen molar-refractivity contribution < 1.29 is 31.1 Å². The standard InChI is InChI=1S/C9HClF6O/c10-9(17)8(16)5(13)2-1-3(11)6(14)7(15)4(2)12/h1H/b8-5+. The number of hydrogen-bond donors (Lipinski definition) is 0. The highest BCUT2D eigenvalue weighted by Crippen LogP contribution is 2.28. The molecule has 17 heavy (non-hydrogen) atoms. The number of carbonyl (C=O) groups excluding carboxylic acids is 1. The second-order valence-corrected chi connectivity index (χ2v) is 3.09. The predicted octanol–water partition coefficient (Wildman–Crippen LogP) is 3.62. The van der Waals surface area contributed by atoms with Gasteiger partial charge in [0.05, 0.1) is 5.56 Å². The zero-order chi connectivity index (χ0) is 13.3. The van der Waals surface area contributed by atoms with Crippen molar-refractivity contribution in [2.45, 2.75) is 0 Å². The van der Waals surface area contributed by atoms with Gasteiger partial charge in [0.15, 0.2) is 29.1 Å². The molecule has 0 fully saturated rings. The second-order valence-electron chi connectivity index (χ2n) is 2.75. The summed E-state index contributed by atoms with van der Waals surface area (Å²) in [7, 11) is 0. The fraction of sp³-hybridized carbons (Fsp3) is 0. The van der Waals surface area contributed by atoms with Crippen LogP contribution in [0.3, 0.4) is 0 Å². The fourth-order valence-electron chi connectivity index (χ4n) is 0.937. The van der Waals surface area contributed by atoms with Gasteiger partial charge in [-0.15, -0.1) is 0 Å². The van der Waals surface area contributed by atoms with E-state index < -0.39 is 45.7 Å². The van der Waals surface area contributed by atoms with Crippen LogP contribution in [0.15, 0.2) is 11.9 Å². The van der Waals surface area contributed by atoms with Gasteiger partial charge in [-0.05, 0) is 17.7 Å². The van der Waals surface area contributed by atoms with Crippen LogP contribution in [0.5, 0.6) is 0 Å².